The van der Waals surface area contributed by atoms with Crippen LogP contribution in [-0.2, 0) is 15.7 Å². The maximum absolute atomic E-state index is 14.0. The molecule has 1 N–H and O–H groups in total. The molecular weight excluding hydrogens is 508 g/mol. The first-order chi connectivity index (χ1) is 19.1. The summed E-state index contributed by atoms with van der Waals surface area (Å²) in [4.78, 5) is 23.0. The number of amidine groups is 1. The number of carbonyl (C=O) groups excluding carboxylic acids is 1. The maximum atomic E-state index is 14.0. The van der Waals surface area contributed by atoms with E-state index >= 15 is 0 Å². The largest absolute Gasteiger partial charge is 0.494 e. The molecule has 1 aromatic carbocycles. The SMILES string of the molecule is CCOc1cc2c(nc1OCC)C(=N)N(CC(=O)c1cc(N3CC4(COC4)C3)c(OC)c(C(C)(C)C)c1)C21CC1. The van der Waals surface area contributed by atoms with Crippen LogP contribution in [0.25, 0.3) is 0 Å². The van der Waals surface area contributed by atoms with Crippen LogP contribution in [0.5, 0.6) is 17.4 Å². The molecule has 0 unspecified atom stereocenters. The first kappa shape index (κ1) is 26.9. The third-order valence-corrected chi connectivity index (χ3v) is 8.69. The predicted octanol–water partition coefficient (Wildman–Crippen LogP) is 4.53. The molecule has 1 aliphatic carbocycles. The number of hydrogen-bond donors (Lipinski definition) is 1. The smallest absolute Gasteiger partial charge is 0.257 e. The van der Waals surface area contributed by atoms with Gasteiger partial charge in [-0.1, -0.05) is 20.8 Å². The van der Waals surface area contributed by atoms with Gasteiger partial charge in [-0.25, -0.2) is 4.98 Å². The summed E-state index contributed by atoms with van der Waals surface area (Å²) >= 11 is 0. The molecule has 214 valence electrons. The van der Waals surface area contributed by atoms with Gasteiger partial charge < -0.3 is 28.7 Å². The molecule has 40 heavy (non-hydrogen) atoms. The Morgan fingerprint density at radius 3 is 2.35 bits per heavy atom. The Bertz CT molecular complexity index is 1360. The molecule has 2 saturated heterocycles. The van der Waals surface area contributed by atoms with Gasteiger partial charge in [0.25, 0.3) is 5.88 Å². The van der Waals surface area contributed by atoms with Crippen molar-refractivity contribution >= 4 is 17.3 Å². The number of pyridine rings is 1. The highest BCUT2D eigenvalue weighted by atomic mass is 16.5. The van der Waals surface area contributed by atoms with Crippen molar-refractivity contribution in [3.63, 3.8) is 0 Å². The lowest BCUT2D eigenvalue weighted by atomic mass is 9.77. The van der Waals surface area contributed by atoms with E-state index in [1.807, 2.05) is 36.9 Å². The second-order valence-electron chi connectivity index (χ2n) is 12.6. The minimum atomic E-state index is -0.387. The Morgan fingerprint density at radius 2 is 1.80 bits per heavy atom. The Kier molecular flexibility index (Phi) is 6.29. The van der Waals surface area contributed by atoms with E-state index in [4.69, 9.17) is 29.3 Å². The average Bonchev–Trinajstić information content (AvgIpc) is 3.63. The van der Waals surface area contributed by atoms with Gasteiger partial charge in [0, 0.05) is 29.8 Å². The summed E-state index contributed by atoms with van der Waals surface area (Å²) in [5, 5.41) is 9.04. The topological polar surface area (TPSA) is 97.2 Å². The van der Waals surface area contributed by atoms with Crippen molar-refractivity contribution in [1.82, 2.24) is 9.88 Å². The van der Waals surface area contributed by atoms with Crippen LogP contribution >= 0.6 is 0 Å². The molecule has 1 saturated carbocycles. The molecule has 0 atom stereocenters. The van der Waals surface area contributed by atoms with Gasteiger partial charge >= 0.3 is 0 Å². The normalized spacial score (nSPS) is 19.8. The van der Waals surface area contributed by atoms with Crippen LogP contribution in [0.3, 0.4) is 0 Å². The number of benzene rings is 1. The molecule has 4 aliphatic rings. The van der Waals surface area contributed by atoms with Crippen molar-refractivity contribution in [3.8, 4) is 17.4 Å². The van der Waals surface area contributed by atoms with Crippen LogP contribution in [0.4, 0.5) is 5.69 Å². The highest BCUT2D eigenvalue weighted by Gasteiger charge is 2.58. The number of ether oxygens (including phenoxy) is 4. The van der Waals surface area contributed by atoms with Crippen LogP contribution in [-0.4, -0.2) is 74.7 Å². The number of ketones is 1. The van der Waals surface area contributed by atoms with Crippen molar-refractivity contribution < 1.29 is 23.7 Å². The summed E-state index contributed by atoms with van der Waals surface area (Å²) in [6.07, 6.45) is 1.74. The zero-order valence-electron chi connectivity index (χ0n) is 24.5. The number of fused-ring (bicyclic) bond motifs is 2. The van der Waals surface area contributed by atoms with Crippen molar-refractivity contribution in [2.75, 3.05) is 58.1 Å². The number of rotatable bonds is 9. The lowest BCUT2D eigenvalue weighted by Crippen LogP contribution is -2.66. The number of aromatic nitrogens is 1. The third-order valence-electron chi connectivity index (χ3n) is 8.69. The Morgan fingerprint density at radius 1 is 1.10 bits per heavy atom. The van der Waals surface area contributed by atoms with E-state index in [-0.39, 0.29) is 34.5 Å². The minimum Gasteiger partial charge on any atom is -0.494 e. The lowest BCUT2D eigenvalue weighted by Gasteiger charge is -2.56. The number of methoxy groups -OCH3 is 1. The van der Waals surface area contributed by atoms with Crippen molar-refractivity contribution in [2.24, 2.45) is 5.41 Å². The van der Waals surface area contributed by atoms with Crippen LogP contribution in [0.2, 0.25) is 0 Å². The zero-order chi connectivity index (χ0) is 28.4. The molecule has 0 radical (unpaired) electrons. The van der Waals surface area contributed by atoms with Gasteiger partial charge in [0.15, 0.2) is 11.5 Å². The monoisotopic (exact) mass is 548 g/mol. The number of hydrogen-bond acceptors (Lipinski definition) is 8. The van der Waals surface area contributed by atoms with Crippen LogP contribution in [0.1, 0.15) is 74.6 Å². The van der Waals surface area contributed by atoms with E-state index in [9.17, 15) is 4.79 Å². The first-order valence-corrected chi connectivity index (χ1v) is 14.3. The molecule has 1 aromatic heterocycles. The quantitative estimate of drug-likeness (QED) is 0.457. The van der Waals surface area contributed by atoms with Crippen molar-refractivity contribution in [1.29, 1.82) is 5.41 Å². The van der Waals surface area contributed by atoms with E-state index in [1.54, 1.807) is 7.11 Å². The minimum absolute atomic E-state index is 0.0180. The van der Waals surface area contributed by atoms with Gasteiger partial charge in [0.1, 0.15) is 17.3 Å². The fourth-order valence-corrected chi connectivity index (χ4v) is 6.41. The van der Waals surface area contributed by atoms with E-state index in [1.165, 1.54) is 0 Å². The summed E-state index contributed by atoms with van der Waals surface area (Å²) in [6, 6.07) is 5.93. The number of Topliss-reactive ketones (excluding diaryl/α,β-unsaturated/α-hetero) is 1. The highest BCUT2D eigenvalue weighted by Crippen LogP contribution is 2.57. The summed E-state index contributed by atoms with van der Waals surface area (Å²) in [5.74, 6) is 2.07. The van der Waals surface area contributed by atoms with Gasteiger partial charge in [-0.3, -0.25) is 10.2 Å². The average molecular weight is 549 g/mol. The lowest BCUT2D eigenvalue weighted by molar-refractivity contribution is -0.127. The zero-order valence-corrected chi connectivity index (χ0v) is 24.5. The molecule has 0 bridgehead atoms. The molecule has 6 rings (SSSR count). The fourth-order valence-electron chi connectivity index (χ4n) is 6.41. The standard InChI is InChI=1S/C31H40N4O5/c1-7-39-24-13-20-25(33-28(24)40-8-2)27(32)35(31(20)9-10-31)14-23(36)19-11-21(29(3,4)5)26(37-6)22(12-19)34-15-30(16-34)17-38-18-30/h11-13,32H,7-10,14-18H2,1-6H3. The summed E-state index contributed by atoms with van der Waals surface area (Å²) in [7, 11) is 1.71. The Hall–Kier alpha value is -3.33. The maximum Gasteiger partial charge on any atom is 0.257 e. The van der Waals surface area contributed by atoms with Crippen LogP contribution in [0.15, 0.2) is 18.2 Å². The third kappa shape index (κ3) is 4.12. The van der Waals surface area contributed by atoms with Gasteiger partial charge in [-0.2, -0.15) is 0 Å². The van der Waals surface area contributed by atoms with Gasteiger partial charge in [-0.15, -0.1) is 0 Å². The molecule has 9 heteroatoms. The van der Waals surface area contributed by atoms with Gasteiger partial charge in [0.2, 0.25) is 0 Å². The van der Waals surface area contributed by atoms with Crippen LogP contribution in [0, 0.1) is 10.8 Å². The van der Waals surface area contributed by atoms with Crippen molar-refractivity contribution in [2.45, 2.75) is 58.4 Å². The first-order valence-electron chi connectivity index (χ1n) is 14.3. The number of nitrogens with zero attached hydrogens (tertiary/aromatic N) is 3. The second kappa shape index (κ2) is 9.36. The van der Waals surface area contributed by atoms with Gasteiger partial charge in [0.05, 0.1) is 56.7 Å². The molecule has 4 heterocycles. The van der Waals surface area contributed by atoms with E-state index in [2.05, 4.69) is 25.7 Å². The Labute approximate surface area is 236 Å². The summed E-state index contributed by atoms with van der Waals surface area (Å²) in [6.45, 7) is 14.7. The van der Waals surface area contributed by atoms with Crippen LogP contribution < -0.4 is 19.1 Å². The molecule has 9 nitrogen and oxygen atoms in total. The van der Waals surface area contributed by atoms with Gasteiger partial charge in [-0.05, 0) is 50.3 Å². The molecule has 2 aromatic rings. The predicted molar refractivity (Wildman–Crippen MR) is 153 cm³/mol. The number of nitrogens with one attached hydrogen (secondary N) is 1. The molecular formula is C31H40N4O5. The molecule has 0 amide bonds. The highest BCUT2D eigenvalue weighted by molar-refractivity contribution is 6.06. The Balaban J connectivity index is 1.33. The number of anilines is 1. The van der Waals surface area contributed by atoms with E-state index in [0.29, 0.717) is 36.1 Å². The molecule has 2 spiro atoms. The van der Waals surface area contributed by atoms with Crippen molar-refractivity contribution in [3.05, 3.63) is 40.6 Å². The summed E-state index contributed by atoms with van der Waals surface area (Å²) in [5.41, 5.74) is 3.77. The second-order valence-corrected chi connectivity index (χ2v) is 12.6. The van der Waals surface area contributed by atoms with E-state index < -0.39 is 0 Å². The molecule has 3 aliphatic heterocycles. The molecule has 3 fully saturated rings. The fraction of sp³-hybridized carbons (Fsp3) is 0.581. The summed E-state index contributed by atoms with van der Waals surface area (Å²) < 4.78 is 23.0. The number of carbonyl (C=O) groups is 1. The van der Waals surface area contributed by atoms with E-state index in [0.717, 1.165) is 61.7 Å².